The first-order valence-electron chi connectivity index (χ1n) is 5.45. The fourth-order valence-corrected chi connectivity index (χ4v) is 2.51. The van der Waals surface area contributed by atoms with Gasteiger partial charge in [0, 0.05) is 12.2 Å². The van der Waals surface area contributed by atoms with E-state index >= 15 is 0 Å². The Bertz CT molecular complexity index is 415. The Morgan fingerprint density at radius 3 is 2.62 bits per heavy atom. The van der Waals surface area contributed by atoms with Crippen LogP contribution in [0.2, 0.25) is 0 Å². The Labute approximate surface area is 93.4 Å². The number of fused-ring (bicyclic) bond motifs is 2. The zero-order chi connectivity index (χ0) is 11.1. The Hall–Kier alpha value is -1.55. The van der Waals surface area contributed by atoms with Crippen LogP contribution in [-0.2, 0) is 4.74 Å². The highest BCUT2D eigenvalue weighted by atomic mass is 16.5. The van der Waals surface area contributed by atoms with Gasteiger partial charge in [-0.2, -0.15) is 0 Å². The van der Waals surface area contributed by atoms with Crippen molar-refractivity contribution < 1.29 is 14.6 Å². The van der Waals surface area contributed by atoms with E-state index in [2.05, 4.69) is 4.90 Å². The van der Waals surface area contributed by atoms with Gasteiger partial charge in [-0.1, -0.05) is 0 Å². The summed E-state index contributed by atoms with van der Waals surface area (Å²) in [5.74, 6) is -0.877. The molecule has 2 aliphatic rings. The maximum atomic E-state index is 10.7. The number of carboxylic acids is 1. The third-order valence-corrected chi connectivity index (χ3v) is 3.35. The smallest absolute Gasteiger partial charge is 0.335 e. The molecular weight excluding hydrogens is 206 g/mol. The van der Waals surface area contributed by atoms with Crippen LogP contribution in [0.15, 0.2) is 24.3 Å². The molecule has 4 nitrogen and oxygen atoms in total. The van der Waals surface area contributed by atoms with Gasteiger partial charge in [0.1, 0.15) is 0 Å². The largest absolute Gasteiger partial charge is 0.478 e. The van der Waals surface area contributed by atoms with Crippen molar-refractivity contribution in [2.45, 2.75) is 18.6 Å². The maximum absolute atomic E-state index is 10.7. The molecule has 2 atom stereocenters. The number of morpholine rings is 1. The number of nitrogens with zero attached hydrogens (tertiary/aromatic N) is 1. The number of carboxylic acid groups (broad SMARTS) is 1. The number of hydrogen-bond donors (Lipinski definition) is 1. The van der Waals surface area contributed by atoms with Crippen molar-refractivity contribution in [1.29, 1.82) is 0 Å². The van der Waals surface area contributed by atoms with E-state index in [4.69, 9.17) is 9.84 Å². The lowest BCUT2D eigenvalue weighted by molar-refractivity contribution is 0.0697. The molecule has 2 saturated heterocycles. The number of aromatic carboxylic acids is 1. The molecule has 4 heteroatoms. The molecule has 1 N–H and O–H groups in total. The number of hydrogen-bond acceptors (Lipinski definition) is 3. The van der Waals surface area contributed by atoms with Gasteiger partial charge in [0.15, 0.2) is 0 Å². The van der Waals surface area contributed by atoms with Gasteiger partial charge in [-0.3, -0.25) is 0 Å². The molecule has 0 radical (unpaired) electrons. The Balaban J connectivity index is 1.82. The minimum Gasteiger partial charge on any atom is -0.478 e. The van der Waals surface area contributed by atoms with Crippen LogP contribution in [0.1, 0.15) is 16.8 Å². The van der Waals surface area contributed by atoms with Crippen LogP contribution in [0, 0.1) is 0 Å². The van der Waals surface area contributed by atoms with Gasteiger partial charge in [0.2, 0.25) is 0 Å². The predicted octanol–water partition coefficient (Wildman–Crippen LogP) is 1.36. The lowest BCUT2D eigenvalue weighted by Crippen LogP contribution is -2.36. The van der Waals surface area contributed by atoms with Crippen molar-refractivity contribution >= 4 is 11.7 Å². The molecule has 1 aromatic rings. The van der Waals surface area contributed by atoms with Crippen molar-refractivity contribution in [1.82, 2.24) is 0 Å². The number of benzene rings is 1. The highest BCUT2D eigenvalue weighted by Gasteiger charge is 2.38. The minimum absolute atomic E-state index is 0.337. The van der Waals surface area contributed by atoms with Crippen LogP contribution in [0.3, 0.4) is 0 Å². The van der Waals surface area contributed by atoms with Crippen LogP contribution in [-0.4, -0.2) is 36.4 Å². The third kappa shape index (κ3) is 1.46. The summed E-state index contributed by atoms with van der Waals surface area (Å²) in [5, 5.41) is 8.81. The molecule has 16 heavy (non-hydrogen) atoms. The second kappa shape index (κ2) is 3.49. The third-order valence-electron chi connectivity index (χ3n) is 3.35. The van der Waals surface area contributed by atoms with E-state index in [1.165, 1.54) is 0 Å². The van der Waals surface area contributed by atoms with Crippen LogP contribution >= 0.6 is 0 Å². The molecule has 2 aliphatic heterocycles. The first-order chi connectivity index (χ1) is 7.74. The SMILES string of the molecule is O=C(O)c1ccc(N2CC3CC2CO3)cc1. The second-order valence-electron chi connectivity index (χ2n) is 4.35. The summed E-state index contributed by atoms with van der Waals surface area (Å²) >= 11 is 0. The topological polar surface area (TPSA) is 49.8 Å². The molecule has 3 rings (SSSR count). The second-order valence-corrected chi connectivity index (χ2v) is 4.35. The summed E-state index contributed by atoms with van der Waals surface area (Å²) < 4.78 is 5.53. The highest BCUT2D eigenvalue weighted by molar-refractivity contribution is 5.88. The number of anilines is 1. The average Bonchev–Trinajstić information content (AvgIpc) is 2.91. The van der Waals surface area contributed by atoms with Gasteiger partial charge in [0.25, 0.3) is 0 Å². The molecule has 0 amide bonds. The van der Waals surface area contributed by atoms with E-state index in [1.54, 1.807) is 12.1 Å². The van der Waals surface area contributed by atoms with E-state index < -0.39 is 5.97 Å². The van der Waals surface area contributed by atoms with Crippen molar-refractivity contribution in [3.63, 3.8) is 0 Å². The van der Waals surface area contributed by atoms with E-state index in [9.17, 15) is 4.79 Å². The van der Waals surface area contributed by atoms with Gasteiger partial charge < -0.3 is 14.7 Å². The molecule has 0 aliphatic carbocycles. The Morgan fingerprint density at radius 2 is 2.12 bits per heavy atom. The lowest BCUT2D eigenvalue weighted by atomic mass is 10.2. The quantitative estimate of drug-likeness (QED) is 0.816. The summed E-state index contributed by atoms with van der Waals surface area (Å²) in [6.07, 6.45) is 1.46. The maximum Gasteiger partial charge on any atom is 0.335 e. The number of rotatable bonds is 2. The summed E-state index contributed by atoms with van der Waals surface area (Å²) in [5.41, 5.74) is 1.44. The van der Waals surface area contributed by atoms with Gasteiger partial charge in [0.05, 0.1) is 24.3 Å². The number of ether oxygens (including phenoxy) is 1. The molecule has 84 valence electrons. The van der Waals surface area contributed by atoms with Crippen molar-refractivity contribution in [2.75, 3.05) is 18.1 Å². The minimum atomic E-state index is -0.877. The highest BCUT2D eigenvalue weighted by Crippen LogP contribution is 2.32. The summed E-state index contributed by atoms with van der Waals surface area (Å²) in [7, 11) is 0. The van der Waals surface area contributed by atoms with Crippen molar-refractivity contribution in [3.8, 4) is 0 Å². The molecule has 0 aromatic heterocycles. The fraction of sp³-hybridized carbons (Fsp3) is 0.417. The van der Waals surface area contributed by atoms with E-state index in [0.29, 0.717) is 17.7 Å². The monoisotopic (exact) mass is 219 g/mol. The fourth-order valence-electron chi connectivity index (χ4n) is 2.51. The zero-order valence-corrected chi connectivity index (χ0v) is 8.80. The van der Waals surface area contributed by atoms with Crippen LogP contribution in [0.4, 0.5) is 5.69 Å². The normalized spacial score (nSPS) is 27.4. The van der Waals surface area contributed by atoms with Gasteiger partial charge >= 0.3 is 5.97 Å². The zero-order valence-electron chi connectivity index (χ0n) is 8.80. The van der Waals surface area contributed by atoms with E-state index in [-0.39, 0.29) is 0 Å². The number of carbonyl (C=O) groups is 1. The first-order valence-corrected chi connectivity index (χ1v) is 5.45. The van der Waals surface area contributed by atoms with Crippen LogP contribution in [0.25, 0.3) is 0 Å². The van der Waals surface area contributed by atoms with Crippen LogP contribution < -0.4 is 4.90 Å². The Kier molecular flexibility index (Phi) is 2.11. The van der Waals surface area contributed by atoms with E-state index in [1.807, 2.05) is 12.1 Å². The predicted molar refractivity (Wildman–Crippen MR) is 58.9 cm³/mol. The average molecular weight is 219 g/mol. The van der Waals surface area contributed by atoms with E-state index in [0.717, 1.165) is 25.3 Å². The molecule has 0 saturated carbocycles. The molecule has 2 unspecified atom stereocenters. The standard InChI is InChI=1S/C12H13NO3/c14-12(15)8-1-3-9(4-2-8)13-6-11-5-10(13)7-16-11/h1-4,10-11H,5-7H2,(H,14,15). The Morgan fingerprint density at radius 1 is 1.38 bits per heavy atom. The van der Waals surface area contributed by atoms with Crippen molar-refractivity contribution in [3.05, 3.63) is 29.8 Å². The molecule has 2 fully saturated rings. The van der Waals surface area contributed by atoms with Gasteiger partial charge in [-0.15, -0.1) is 0 Å². The lowest BCUT2D eigenvalue weighted by Gasteiger charge is -2.28. The molecule has 1 aromatic carbocycles. The van der Waals surface area contributed by atoms with Crippen LogP contribution in [0.5, 0.6) is 0 Å². The molecule has 2 bridgehead atoms. The molecule has 2 heterocycles. The van der Waals surface area contributed by atoms with Gasteiger partial charge in [-0.05, 0) is 30.7 Å². The van der Waals surface area contributed by atoms with Gasteiger partial charge in [-0.25, -0.2) is 4.79 Å². The summed E-state index contributed by atoms with van der Waals surface area (Å²) in [6, 6.07) is 7.55. The summed E-state index contributed by atoms with van der Waals surface area (Å²) in [4.78, 5) is 13.0. The molecular formula is C12H13NO3. The first kappa shape index (κ1) is 9.66. The van der Waals surface area contributed by atoms with Crippen molar-refractivity contribution in [2.24, 2.45) is 0 Å². The molecule has 0 spiro atoms. The summed E-state index contributed by atoms with van der Waals surface area (Å²) in [6.45, 7) is 1.72.